The van der Waals surface area contributed by atoms with E-state index < -0.39 is 11.7 Å². The van der Waals surface area contributed by atoms with Crippen molar-refractivity contribution in [3.05, 3.63) is 66.6 Å². The SMILES string of the molecule is Cn1ccnc1-c1ccc2c(Nc3ccc(C(F)(F)F)cc3)nncc2c1. The second kappa shape index (κ2) is 6.39. The lowest BCUT2D eigenvalue weighted by molar-refractivity contribution is -0.137. The molecular formula is C19H14F3N5. The van der Waals surface area contributed by atoms with Gasteiger partial charge >= 0.3 is 6.18 Å². The van der Waals surface area contributed by atoms with Crippen LogP contribution in [-0.4, -0.2) is 19.7 Å². The Balaban J connectivity index is 1.67. The number of nitrogens with zero attached hydrogens (tertiary/aromatic N) is 4. The monoisotopic (exact) mass is 369 g/mol. The molecule has 5 nitrogen and oxygen atoms in total. The van der Waals surface area contributed by atoms with Gasteiger partial charge in [-0.25, -0.2) is 4.98 Å². The van der Waals surface area contributed by atoms with E-state index in [0.29, 0.717) is 11.5 Å². The molecule has 136 valence electrons. The summed E-state index contributed by atoms with van der Waals surface area (Å²) in [5, 5.41) is 12.8. The standard InChI is InChI=1S/C19H14F3N5/c1-27-9-8-23-18(27)12-2-7-16-13(10-12)11-24-26-17(16)25-15-5-3-14(4-6-15)19(20,21)22/h2-11H,1H3,(H,25,26). The number of alkyl halides is 3. The molecule has 2 heterocycles. The van der Waals surface area contributed by atoms with Gasteiger partial charge in [-0.3, -0.25) is 0 Å². The van der Waals surface area contributed by atoms with E-state index >= 15 is 0 Å². The number of imidazole rings is 1. The van der Waals surface area contributed by atoms with E-state index in [2.05, 4.69) is 20.5 Å². The van der Waals surface area contributed by atoms with Gasteiger partial charge in [0.05, 0.1) is 11.8 Å². The van der Waals surface area contributed by atoms with Crippen LogP contribution in [0.5, 0.6) is 0 Å². The smallest absolute Gasteiger partial charge is 0.338 e. The van der Waals surface area contributed by atoms with E-state index in [0.717, 1.165) is 34.3 Å². The summed E-state index contributed by atoms with van der Waals surface area (Å²) in [6.07, 6.45) is 0.864. The lowest BCUT2D eigenvalue weighted by Crippen LogP contribution is -2.04. The average Bonchev–Trinajstić information content (AvgIpc) is 3.07. The number of aryl methyl sites for hydroxylation is 1. The van der Waals surface area contributed by atoms with Gasteiger partial charge in [0.1, 0.15) is 5.82 Å². The molecule has 27 heavy (non-hydrogen) atoms. The number of fused-ring (bicyclic) bond motifs is 1. The Morgan fingerprint density at radius 1 is 1.04 bits per heavy atom. The normalized spacial score (nSPS) is 11.7. The third kappa shape index (κ3) is 3.33. The Labute approximate surface area is 152 Å². The summed E-state index contributed by atoms with van der Waals surface area (Å²) in [6.45, 7) is 0. The minimum absolute atomic E-state index is 0.471. The second-order valence-electron chi connectivity index (χ2n) is 6.06. The van der Waals surface area contributed by atoms with Gasteiger partial charge < -0.3 is 9.88 Å². The summed E-state index contributed by atoms with van der Waals surface area (Å²) in [4.78, 5) is 4.33. The molecule has 0 saturated carbocycles. The molecule has 0 aliphatic carbocycles. The summed E-state index contributed by atoms with van der Waals surface area (Å²) in [6, 6.07) is 10.5. The van der Waals surface area contributed by atoms with E-state index in [1.807, 2.05) is 36.0 Å². The van der Waals surface area contributed by atoms with Crippen molar-refractivity contribution in [1.82, 2.24) is 19.7 Å². The van der Waals surface area contributed by atoms with Crippen LogP contribution in [0.1, 0.15) is 5.56 Å². The molecule has 0 radical (unpaired) electrons. The van der Waals surface area contributed by atoms with E-state index in [1.165, 1.54) is 12.1 Å². The van der Waals surface area contributed by atoms with Gasteiger partial charge in [0.25, 0.3) is 0 Å². The minimum Gasteiger partial charge on any atom is -0.338 e. The lowest BCUT2D eigenvalue weighted by atomic mass is 10.1. The molecule has 2 aromatic carbocycles. The van der Waals surface area contributed by atoms with Gasteiger partial charge in [-0.15, -0.1) is 5.10 Å². The number of benzene rings is 2. The summed E-state index contributed by atoms with van der Waals surface area (Å²) >= 11 is 0. The number of aromatic nitrogens is 4. The van der Waals surface area contributed by atoms with Crippen molar-refractivity contribution in [1.29, 1.82) is 0 Å². The van der Waals surface area contributed by atoms with Crippen LogP contribution in [0.3, 0.4) is 0 Å². The molecule has 1 N–H and O–H groups in total. The Morgan fingerprint density at radius 3 is 2.48 bits per heavy atom. The first kappa shape index (κ1) is 17.0. The third-order valence-corrected chi connectivity index (χ3v) is 4.22. The maximum absolute atomic E-state index is 12.7. The van der Waals surface area contributed by atoms with E-state index in [1.54, 1.807) is 12.4 Å². The quantitative estimate of drug-likeness (QED) is 0.564. The maximum atomic E-state index is 12.7. The zero-order valence-corrected chi connectivity index (χ0v) is 14.2. The fourth-order valence-electron chi connectivity index (χ4n) is 2.84. The van der Waals surface area contributed by atoms with Crippen molar-refractivity contribution in [3.8, 4) is 11.4 Å². The summed E-state index contributed by atoms with van der Waals surface area (Å²) in [5.74, 6) is 1.30. The first-order valence-electron chi connectivity index (χ1n) is 8.09. The van der Waals surface area contributed by atoms with Crippen LogP contribution in [-0.2, 0) is 13.2 Å². The van der Waals surface area contributed by atoms with Crippen LogP contribution in [0.15, 0.2) is 61.1 Å². The topological polar surface area (TPSA) is 55.6 Å². The number of hydrogen-bond donors (Lipinski definition) is 1. The van der Waals surface area contributed by atoms with Crippen molar-refractivity contribution in [3.63, 3.8) is 0 Å². The largest absolute Gasteiger partial charge is 0.416 e. The fourth-order valence-corrected chi connectivity index (χ4v) is 2.84. The average molecular weight is 369 g/mol. The number of halogens is 3. The number of anilines is 2. The summed E-state index contributed by atoms with van der Waals surface area (Å²) in [7, 11) is 1.91. The lowest BCUT2D eigenvalue weighted by Gasteiger charge is -2.11. The number of hydrogen-bond acceptors (Lipinski definition) is 4. The highest BCUT2D eigenvalue weighted by Crippen LogP contribution is 2.31. The molecule has 4 rings (SSSR count). The van der Waals surface area contributed by atoms with Gasteiger partial charge in [0, 0.05) is 41.5 Å². The van der Waals surface area contributed by atoms with E-state index in [4.69, 9.17) is 0 Å². The van der Waals surface area contributed by atoms with Gasteiger partial charge in [-0.1, -0.05) is 6.07 Å². The van der Waals surface area contributed by atoms with E-state index in [-0.39, 0.29) is 0 Å². The first-order chi connectivity index (χ1) is 12.9. The molecular weight excluding hydrogens is 355 g/mol. The molecule has 8 heteroatoms. The Morgan fingerprint density at radius 2 is 1.81 bits per heavy atom. The van der Waals surface area contributed by atoms with Gasteiger partial charge in [-0.05, 0) is 36.4 Å². The predicted octanol–water partition coefficient (Wildman–Crippen LogP) is 4.79. The molecule has 0 spiro atoms. The van der Waals surface area contributed by atoms with Gasteiger partial charge in [0.15, 0.2) is 5.82 Å². The molecule has 0 aliphatic heterocycles. The zero-order chi connectivity index (χ0) is 19.0. The molecule has 2 aromatic heterocycles. The van der Waals surface area contributed by atoms with E-state index in [9.17, 15) is 13.2 Å². The summed E-state index contributed by atoms with van der Waals surface area (Å²) < 4.78 is 40.0. The van der Waals surface area contributed by atoms with Crippen LogP contribution in [0.2, 0.25) is 0 Å². The number of rotatable bonds is 3. The highest BCUT2D eigenvalue weighted by molar-refractivity contribution is 5.94. The molecule has 0 atom stereocenters. The predicted molar refractivity (Wildman–Crippen MR) is 96.5 cm³/mol. The minimum atomic E-state index is -4.36. The van der Waals surface area contributed by atoms with Gasteiger partial charge in [0.2, 0.25) is 0 Å². The molecule has 0 bridgehead atoms. The summed E-state index contributed by atoms with van der Waals surface area (Å²) in [5.41, 5.74) is 0.734. The maximum Gasteiger partial charge on any atom is 0.416 e. The number of nitrogens with one attached hydrogen (secondary N) is 1. The Bertz CT molecular complexity index is 1100. The Kier molecular flexibility index (Phi) is 4.02. The van der Waals surface area contributed by atoms with Crippen LogP contribution in [0, 0.1) is 0 Å². The Hall–Kier alpha value is -3.42. The zero-order valence-electron chi connectivity index (χ0n) is 14.2. The molecule has 0 unspecified atom stereocenters. The molecule has 0 amide bonds. The highest BCUT2D eigenvalue weighted by Gasteiger charge is 2.29. The highest BCUT2D eigenvalue weighted by atomic mass is 19.4. The molecule has 0 fully saturated rings. The van der Waals surface area contributed by atoms with Crippen LogP contribution in [0.4, 0.5) is 24.7 Å². The third-order valence-electron chi connectivity index (χ3n) is 4.22. The van der Waals surface area contributed by atoms with Gasteiger partial charge in [-0.2, -0.15) is 18.3 Å². The van der Waals surface area contributed by atoms with Crippen molar-refractivity contribution in [2.45, 2.75) is 6.18 Å². The van der Waals surface area contributed by atoms with Crippen LogP contribution in [0.25, 0.3) is 22.2 Å². The molecule has 4 aromatic rings. The van der Waals surface area contributed by atoms with Crippen molar-refractivity contribution in [2.24, 2.45) is 7.05 Å². The van der Waals surface area contributed by atoms with Crippen molar-refractivity contribution >= 4 is 22.3 Å². The molecule has 0 saturated heterocycles. The van der Waals surface area contributed by atoms with Crippen molar-refractivity contribution in [2.75, 3.05) is 5.32 Å². The van der Waals surface area contributed by atoms with Crippen LogP contribution < -0.4 is 5.32 Å². The van der Waals surface area contributed by atoms with Crippen LogP contribution >= 0.6 is 0 Å². The van der Waals surface area contributed by atoms with Crippen molar-refractivity contribution < 1.29 is 13.2 Å². The molecule has 0 aliphatic rings. The second-order valence-corrected chi connectivity index (χ2v) is 6.06. The first-order valence-corrected chi connectivity index (χ1v) is 8.09. The fraction of sp³-hybridized carbons (Fsp3) is 0.105.